The molecule has 11 heteroatoms. The zero-order valence-electron chi connectivity index (χ0n) is 28.5. The predicted octanol–water partition coefficient (Wildman–Crippen LogP) is 4.73. The maximum absolute atomic E-state index is 15.0. The highest BCUT2D eigenvalue weighted by atomic mass is 19.1. The number of aryl methyl sites for hydroxylation is 1. The molecule has 1 heterocycles. The van der Waals surface area contributed by atoms with Gasteiger partial charge in [0.05, 0.1) is 13.2 Å². The van der Waals surface area contributed by atoms with Crippen LogP contribution in [0.4, 0.5) is 4.39 Å². The number of carbonyl (C=O) groups excluding carboxylic acids is 4. The molecule has 1 amide bonds. The van der Waals surface area contributed by atoms with Crippen molar-refractivity contribution in [2.24, 2.45) is 0 Å². The standard InChI is InChI=1S/C37H47FN2O8/c1-25(47-35(44)37(39-4)19-20-37)32(41)40(5)30(23-36(2,3)38)33(42)48-31(34(43)46-24-27-9-7-6-8-10-27)16-13-26-11-14-28(15-12-26)29-17-21-45-22-18-29/h6-12,14-15,17,25,30-31,39H,13,16,18-24H2,1-5H3/t25-,30+,31-/m1/s1. The average molecular weight is 667 g/mol. The molecule has 260 valence electrons. The van der Waals surface area contributed by atoms with Crippen LogP contribution in [0.5, 0.6) is 0 Å². The summed E-state index contributed by atoms with van der Waals surface area (Å²) in [5.41, 5.74) is 1.28. The number of likely N-dealkylation sites (N-methyl/N-ethyl adjacent to an activating group) is 2. The van der Waals surface area contributed by atoms with Crippen molar-refractivity contribution in [2.45, 2.75) is 95.4 Å². The highest BCUT2D eigenvalue weighted by Gasteiger charge is 2.51. The molecule has 1 aliphatic carbocycles. The number of nitrogens with zero attached hydrogens (tertiary/aromatic N) is 1. The van der Waals surface area contributed by atoms with Crippen molar-refractivity contribution in [1.29, 1.82) is 0 Å². The summed E-state index contributed by atoms with van der Waals surface area (Å²) in [6.07, 6.45) is 1.57. The summed E-state index contributed by atoms with van der Waals surface area (Å²) in [6, 6.07) is 15.6. The lowest BCUT2D eigenvalue weighted by Gasteiger charge is -2.32. The van der Waals surface area contributed by atoms with E-state index in [-0.39, 0.29) is 13.0 Å². The van der Waals surface area contributed by atoms with Crippen LogP contribution in [0.25, 0.3) is 5.57 Å². The quantitative estimate of drug-likeness (QED) is 0.200. The topological polar surface area (TPSA) is 120 Å². The summed E-state index contributed by atoms with van der Waals surface area (Å²) in [7, 11) is 2.97. The SMILES string of the molecule is CNC1(C(=O)O[C@H](C)C(=O)N(C)[C@@H](CC(C)(C)F)C(=O)O[C@H](CCc2ccc(C3=CCOCC3)cc2)C(=O)OCc2ccccc2)CC1. The lowest BCUT2D eigenvalue weighted by Crippen LogP contribution is -2.51. The van der Waals surface area contributed by atoms with Crippen LogP contribution in [-0.4, -0.2) is 85.5 Å². The van der Waals surface area contributed by atoms with E-state index in [1.165, 1.54) is 33.4 Å². The van der Waals surface area contributed by atoms with E-state index in [2.05, 4.69) is 11.4 Å². The molecule has 1 fully saturated rings. The smallest absolute Gasteiger partial charge is 0.347 e. The van der Waals surface area contributed by atoms with Gasteiger partial charge in [-0.2, -0.15) is 0 Å². The minimum Gasteiger partial charge on any atom is -0.458 e. The predicted molar refractivity (Wildman–Crippen MR) is 177 cm³/mol. The molecule has 2 aromatic rings. The van der Waals surface area contributed by atoms with Crippen LogP contribution in [-0.2, 0) is 51.2 Å². The van der Waals surface area contributed by atoms with E-state index in [1.807, 2.05) is 42.5 Å². The van der Waals surface area contributed by atoms with Gasteiger partial charge in [-0.05, 0) is 82.2 Å². The fourth-order valence-electron chi connectivity index (χ4n) is 5.52. The van der Waals surface area contributed by atoms with E-state index in [9.17, 15) is 19.2 Å². The maximum atomic E-state index is 15.0. The van der Waals surface area contributed by atoms with Crippen molar-refractivity contribution in [3.63, 3.8) is 0 Å². The van der Waals surface area contributed by atoms with Crippen molar-refractivity contribution in [2.75, 3.05) is 27.3 Å². The number of nitrogens with one attached hydrogen (secondary N) is 1. The van der Waals surface area contributed by atoms with Gasteiger partial charge >= 0.3 is 17.9 Å². The number of carbonyl (C=O) groups is 4. The van der Waals surface area contributed by atoms with Crippen LogP contribution < -0.4 is 5.32 Å². The van der Waals surface area contributed by atoms with E-state index in [4.69, 9.17) is 18.9 Å². The fourth-order valence-corrected chi connectivity index (χ4v) is 5.52. The van der Waals surface area contributed by atoms with Gasteiger partial charge in [-0.3, -0.25) is 9.59 Å². The summed E-state index contributed by atoms with van der Waals surface area (Å²) < 4.78 is 37.2. The largest absolute Gasteiger partial charge is 0.458 e. The summed E-state index contributed by atoms with van der Waals surface area (Å²) >= 11 is 0. The Bertz CT molecular complexity index is 1450. The molecule has 1 saturated carbocycles. The number of hydrogen-bond donors (Lipinski definition) is 1. The third-order valence-corrected chi connectivity index (χ3v) is 8.75. The first-order valence-corrected chi connectivity index (χ1v) is 16.4. The zero-order chi connectivity index (χ0) is 34.9. The third kappa shape index (κ3) is 10.2. The molecule has 0 unspecified atom stereocenters. The number of amides is 1. The molecule has 1 aliphatic heterocycles. The molecule has 0 radical (unpaired) electrons. The van der Waals surface area contributed by atoms with Gasteiger partial charge < -0.3 is 29.2 Å². The molecule has 0 saturated heterocycles. The van der Waals surface area contributed by atoms with E-state index < -0.39 is 59.7 Å². The second-order valence-electron chi connectivity index (χ2n) is 13.1. The highest BCUT2D eigenvalue weighted by Crippen LogP contribution is 2.36. The van der Waals surface area contributed by atoms with E-state index in [0.717, 1.165) is 28.0 Å². The molecule has 48 heavy (non-hydrogen) atoms. The Morgan fingerprint density at radius 3 is 2.27 bits per heavy atom. The number of benzene rings is 2. The number of hydrogen-bond acceptors (Lipinski definition) is 9. The Morgan fingerprint density at radius 1 is 1.00 bits per heavy atom. The molecule has 0 spiro atoms. The third-order valence-electron chi connectivity index (χ3n) is 8.75. The first-order chi connectivity index (χ1) is 22.8. The molecule has 4 rings (SSSR count). The van der Waals surface area contributed by atoms with Crippen molar-refractivity contribution < 1.29 is 42.5 Å². The van der Waals surface area contributed by atoms with Crippen molar-refractivity contribution >= 4 is 29.4 Å². The minimum absolute atomic E-state index is 0.0302. The molecule has 2 aromatic carbocycles. The molecule has 0 bridgehead atoms. The first-order valence-electron chi connectivity index (χ1n) is 16.4. The Kier molecular flexibility index (Phi) is 12.5. The number of esters is 3. The van der Waals surface area contributed by atoms with Crippen molar-refractivity contribution in [3.05, 3.63) is 77.4 Å². The van der Waals surface area contributed by atoms with Crippen LogP contribution >= 0.6 is 0 Å². The van der Waals surface area contributed by atoms with Crippen molar-refractivity contribution in [1.82, 2.24) is 10.2 Å². The summed E-state index contributed by atoms with van der Waals surface area (Å²) in [5.74, 6) is -2.99. The first kappa shape index (κ1) is 36.7. The van der Waals surface area contributed by atoms with E-state index in [0.29, 0.717) is 32.5 Å². The normalized spacial score (nSPS) is 17.2. The van der Waals surface area contributed by atoms with Gasteiger partial charge in [0.15, 0.2) is 12.2 Å². The lowest BCUT2D eigenvalue weighted by molar-refractivity contribution is -0.175. The zero-order valence-corrected chi connectivity index (χ0v) is 28.5. The second-order valence-corrected chi connectivity index (χ2v) is 13.1. The monoisotopic (exact) mass is 666 g/mol. The lowest BCUT2D eigenvalue weighted by atomic mass is 9.98. The van der Waals surface area contributed by atoms with Gasteiger partial charge in [-0.1, -0.05) is 60.7 Å². The molecular formula is C37H47FN2O8. The van der Waals surface area contributed by atoms with Crippen LogP contribution in [0.1, 0.15) is 69.6 Å². The highest BCUT2D eigenvalue weighted by molar-refractivity contribution is 5.91. The number of ether oxygens (including phenoxy) is 4. The second kappa shape index (κ2) is 16.3. The van der Waals surface area contributed by atoms with Crippen LogP contribution in [0.15, 0.2) is 60.7 Å². The van der Waals surface area contributed by atoms with E-state index >= 15 is 4.39 Å². The molecule has 2 aliphatic rings. The van der Waals surface area contributed by atoms with Crippen LogP contribution in [0.3, 0.4) is 0 Å². The Labute approximate surface area is 281 Å². The Balaban J connectivity index is 1.48. The van der Waals surface area contributed by atoms with Gasteiger partial charge in [0, 0.05) is 13.5 Å². The van der Waals surface area contributed by atoms with Gasteiger partial charge in [0.25, 0.3) is 5.91 Å². The average Bonchev–Trinajstić information content (AvgIpc) is 3.89. The summed E-state index contributed by atoms with van der Waals surface area (Å²) in [5, 5.41) is 2.92. The summed E-state index contributed by atoms with van der Waals surface area (Å²) in [6.45, 7) is 5.19. The number of alkyl halides is 1. The number of rotatable bonds is 16. The fraction of sp³-hybridized carbons (Fsp3) is 0.514. The van der Waals surface area contributed by atoms with Crippen molar-refractivity contribution in [3.8, 4) is 0 Å². The number of halogens is 1. The molecule has 10 nitrogen and oxygen atoms in total. The molecule has 0 aromatic heterocycles. The van der Waals surface area contributed by atoms with Gasteiger partial charge in [-0.25, -0.2) is 14.0 Å². The molecule has 1 N–H and O–H groups in total. The van der Waals surface area contributed by atoms with Crippen LogP contribution in [0, 0.1) is 0 Å². The molecular weight excluding hydrogens is 619 g/mol. The summed E-state index contributed by atoms with van der Waals surface area (Å²) in [4.78, 5) is 54.1. The Morgan fingerprint density at radius 2 is 1.69 bits per heavy atom. The van der Waals surface area contributed by atoms with E-state index in [1.54, 1.807) is 19.2 Å². The maximum Gasteiger partial charge on any atom is 0.347 e. The van der Waals surface area contributed by atoms with Gasteiger partial charge in [0.2, 0.25) is 0 Å². The van der Waals surface area contributed by atoms with Crippen LogP contribution in [0.2, 0.25) is 0 Å². The Hall–Kier alpha value is -4.09. The van der Waals surface area contributed by atoms with Gasteiger partial charge in [-0.15, -0.1) is 0 Å². The minimum atomic E-state index is -1.88. The van der Waals surface area contributed by atoms with Gasteiger partial charge in [0.1, 0.15) is 23.9 Å². The molecule has 3 atom stereocenters.